The summed E-state index contributed by atoms with van der Waals surface area (Å²) in [7, 11) is 0. The number of allylic oxidation sites excluding steroid dienone is 2. The van der Waals surface area contributed by atoms with E-state index in [0.717, 1.165) is 6.42 Å². The van der Waals surface area contributed by atoms with E-state index in [9.17, 15) is 10.2 Å². The van der Waals surface area contributed by atoms with Crippen LogP contribution in [0.5, 0.6) is 0 Å². The van der Waals surface area contributed by atoms with E-state index in [2.05, 4.69) is 31.2 Å². The third kappa shape index (κ3) is 2.03. The Bertz CT molecular complexity index is 379. The normalized spacial score (nSPS) is 27.0. The Morgan fingerprint density at radius 3 is 2.41 bits per heavy atom. The molecule has 0 heterocycles. The zero-order valence-electron chi connectivity index (χ0n) is 10.2. The fraction of sp³-hybridized carbons (Fsp3) is 0.467. The summed E-state index contributed by atoms with van der Waals surface area (Å²) in [4.78, 5) is 0. The molecule has 1 aliphatic rings. The number of hydrogen-bond acceptors (Lipinski definition) is 2. The predicted molar refractivity (Wildman–Crippen MR) is 68.7 cm³/mol. The second-order valence-corrected chi connectivity index (χ2v) is 5.00. The van der Waals surface area contributed by atoms with Crippen molar-refractivity contribution in [3.63, 3.8) is 0 Å². The maximum atomic E-state index is 9.75. The summed E-state index contributed by atoms with van der Waals surface area (Å²) >= 11 is 0. The average molecular weight is 232 g/mol. The highest BCUT2D eigenvalue weighted by Gasteiger charge is 2.43. The predicted octanol–water partition coefficient (Wildman–Crippen LogP) is 2.34. The van der Waals surface area contributed by atoms with Crippen molar-refractivity contribution in [2.45, 2.75) is 19.3 Å². The van der Waals surface area contributed by atoms with Crippen LogP contribution in [0.15, 0.2) is 42.5 Å². The van der Waals surface area contributed by atoms with E-state index in [1.807, 2.05) is 18.2 Å². The van der Waals surface area contributed by atoms with E-state index in [0.29, 0.717) is 0 Å². The number of aliphatic hydroxyl groups is 2. The summed E-state index contributed by atoms with van der Waals surface area (Å²) in [6.07, 6.45) is 5.21. The molecule has 0 fully saturated rings. The quantitative estimate of drug-likeness (QED) is 0.785. The molecule has 1 aliphatic carbocycles. The summed E-state index contributed by atoms with van der Waals surface area (Å²) < 4.78 is 0. The van der Waals surface area contributed by atoms with E-state index in [1.54, 1.807) is 0 Å². The first-order valence-corrected chi connectivity index (χ1v) is 6.18. The maximum absolute atomic E-state index is 9.75. The third-order valence-electron chi connectivity index (χ3n) is 4.17. The third-order valence-corrected chi connectivity index (χ3v) is 4.17. The van der Waals surface area contributed by atoms with Crippen molar-refractivity contribution in [1.82, 2.24) is 0 Å². The van der Waals surface area contributed by atoms with Crippen molar-refractivity contribution >= 4 is 0 Å². The molecule has 0 bridgehead atoms. The molecule has 2 unspecified atom stereocenters. The van der Waals surface area contributed by atoms with Crippen molar-refractivity contribution in [1.29, 1.82) is 0 Å². The van der Waals surface area contributed by atoms with Crippen LogP contribution in [0, 0.1) is 11.3 Å². The van der Waals surface area contributed by atoms with Gasteiger partial charge in [-0.3, -0.25) is 0 Å². The van der Waals surface area contributed by atoms with E-state index in [4.69, 9.17) is 0 Å². The lowest BCUT2D eigenvalue weighted by molar-refractivity contribution is -0.00569. The Balaban J connectivity index is 2.43. The SMILES string of the molecule is CC1CC=CC(c2ccccc2)C1(CO)CO. The topological polar surface area (TPSA) is 40.5 Å². The zero-order valence-corrected chi connectivity index (χ0v) is 10.2. The number of hydrogen-bond donors (Lipinski definition) is 2. The van der Waals surface area contributed by atoms with Gasteiger partial charge in [-0.15, -0.1) is 0 Å². The first kappa shape index (κ1) is 12.3. The van der Waals surface area contributed by atoms with Gasteiger partial charge in [0.25, 0.3) is 0 Å². The molecule has 0 saturated carbocycles. The minimum atomic E-state index is -0.434. The fourth-order valence-electron chi connectivity index (χ4n) is 2.81. The van der Waals surface area contributed by atoms with Crippen LogP contribution < -0.4 is 0 Å². The van der Waals surface area contributed by atoms with Crippen molar-refractivity contribution in [3.05, 3.63) is 48.0 Å². The Labute approximate surface area is 103 Å². The molecular formula is C15H20O2. The molecule has 2 N–H and O–H groups in total. The van der Waals surface area contributed by atoms with Crippen LogP contribution in [0.25, 0.3) is 0 Å². The lowest BCUT2D eigenvalue weighted by Crippen LogP contribution is -2.43. The first-order valence-electron chi connectivity index (χ1n) is 6.18. The molecule has 2 atom stereocenters. The molecule has 0 radical (unpaired) electrons. The molecule has 1 aromatic rings. The van der Waals surface area contributed by atoms with Crippen LogP contribution in [-0.2, 0) is 0 Å². The van der Waals surface area contributed by atoms with Gasteiger partial charge in [0.05, 0.1) is 13.2 Å². The van der Waals surface area contributed by atoms with Crippen LogP contribution in [0.2, 0.25) is 0 Å². The lowest BCUT2D eigenvalue weighted by Gasteiger charge is -2.44. The molecule has 2 heteroatoms. The Hall–Kier alpha value is -1.12. The van der Waals surface area contributed by atoms with Gasteiger partial charge >= 0.3 is 0 Å². The second-order valence-electron chi connectivity index (χ2n) is 5.00. The smallest absolute Gasteiger partial charge is 0.0521 e. The van der Waals surface area contributed by atoms with Crippen LogP contribution >= 0.6 is 0 Å². The van der Waals surface area contributed by atoms with Gasteiger partial charge in [-0.1, -0.05) is 49.4 Å². The summed E-state index contributed by atoms with van der Waals surface area (Å²) in [6, 6.07) is 10.1. The molecule has 0 aliphatic heterocycles. The van der Waals surface area contributed by atoms with Gasteiger partial charge in [0.1, 0.15) is 0 Å². The van der Waals surface area contributed by atoms with Gasteiger partial charge < -0.3 is 10.2 Å². The summed E-state index contributed by atoms with van der Waals surface area (Å²) in [5, 5.41) is 19.5. The van der Waals surface area contributed by atoms with Gasteiger partial charge in [0.2, 0.25) is 0 Å². The highest BCUT2D eigenvalue weighted by Crippen LogP contribution is 2.46. The van der Waals surface area contributed by atoms with Crippen molar-refractivity contribution in [2.75, 3.05) is 13.2 Å². The Kier molecular flexibility index (Phi) is 3.65. The standard InChI is InChI=1S/C15H20O2/c1-12-6-5-9-14(15(12,10-16)11-17)13-7-3-2-4-8-13/h2-5,7-9,12,14,16-17H,6,10-11H2,1H3. The number of rotatable bonds is 3. The number of aliphatic hydroxyl groups excluding tert-OH is 2. The van der Waals surface area contributed by atoms with Crippen molar-refractivity contribution in [2.24, 2.45) is 11.3 Å². The molecule has 0 saturated heterocycles. The highest BCUT2D eigenvalue weighted by molar-refractivity contribution is 5.29. The minimum absolute atomic E-state index is 0.0224. The zero-order chi connectivity index (χ0) is 12.3. The Morgan fingerprint density at radius 1 is 1.18 bits per heavy atom. The highest BCUT2D eigenvalue weighted by atomic mass is 16.3. The largest absolute Gasteiger partial charge is 0.396 e. The molecule has 17 heavy (non-hydrogen) atoms. The van der Waals surface area contributed by atoms with Gasteiger partial charge in [-0.25, -0.2) is 0 Å². The maximum Gasteiger partial charge on any atom is 0.0521 e. The molecule has 0 aromatic heterocycles. The van der Waals surface area contributed by atoms with E-state index in [-0.39, 0.29) is 25.0 Å². The van der Waals surface area contributed by atoms with E-state index >= 15 is 0 Å². The van der Waals surface area contributed by atoms with Gasteiger partial charge in [0.15, 0.2) is 0 Å². The second kappa shape index (κ2) is 5.03. The van der Waals surface area contributed by atoms with Crippen LogP contribution in [0.1, 0.15) is 24.8 Å². The van der Waals surface area contributed by atoms with Gasteiger partial charge in [-0.2, -0.15) is 0 Å². The monoisotopic (exact) mass is 232 g/mol. The molecule has 0 spiro atoms. The molecule has 1 aromatic carbocycles. The minimum Gasteiger partial charge on any atom is -0.396 e. The average Bonchev–Trinajstić information content (AvgIpc) is 2.40. The Morgan fingerprint density at radius 2 is 1.82 bits per heavy atom. The van der Waals surface area contributed by atoms with Crippen molar-refractivity contribution in [3.8, 4) is 0 Å². The fourth-order valence-corrected chi connectivity index (χ4v) is 2.81. The van der Waals surface area contributed by atoms with E-state index in [1.165, 1.54) is 5.56 Å². The molecule has 0 amide bonds. The molecule has 2 nitrogen and oxygen atoms in total. The van der Waals surface area contributed by atoms with E-state index < -0.39 is 5.41 Å². The van der Waals surface area contributed by atoms with Crippen LogP contribution in [0.4, 0.5) is 0 Å². The summed E-state index contributed by atoms with van der Waals surface area (Å²) in [6.45, 7) is 2.15. The molecular weight excluding hydrogens is 212 g/mol. The van der Waals surface area contributed by atoms with Crippen molar-refractivity contribution < 1.29 is 10.2 Å². The molecule has 92 valence electrons. The summed E-state index contributed by atoms with van der Waals surface area (Å²) in [5.74, 6) is 0.384. The van der Waals surface area contributed by atoms with Gasteiger partial charge in [0, 0.05) is 11.3 Å². The summed E-state index contributed by atoms with van der Waals surface area (Å²) in [5.41, 5.74) is 0.731. The first-order chi connectivity index (χ1) is 8.24. The van der Waals surface area contributed by atoms with Gasteiger partial charge in [-0.05, 0) is 17.9 Å². The number of benzene rings is 1. The van der Waals surface area contributed by atoms with Crippen LogP contribution in [-0.4, -0.2) is 23.4 Å². The lowest BCUT2D eigenvalue weighted by atomic mass is 9.62. The molecule has 2 rings (SSSR count). The van der Waals surface area contributed by atoms with Crippen LogP contribution in [0.3, 0.4) is 0 Å².